The van der Waals surface area contributed by atoms with Crippen molar-refractivity contribution in [2.24, 2.45) is 5.92 Å². The van der Waals surface area contributed by atoms with E-state index in [1.54, 1.807) is 5.56 Å². The molecule has 0 amide bonds. The van der Waals surface area contributed by atoms with Crippen molar-refractivity contribution >= 4 is 10.8 Å². The van der Waals surface area contributed by atoms with Gasteiger partial charge in [0.05, 0.1) is 0 Å². The first-order valence-corrected chi connectivity index (χ1v) is 7.23. The van der Waals surface area contributed by atoms with Crippen molar-refractivity contribution in [2.75, 3.05) is 0 Å². The Balaban J connectivity index is 1.91. The zero-order valence-corrected chi connectivity index (χ0v) is 11.4. The second-order valence-electron chi connectivity index (χ2n) is 6.07. The summed E-state index contributed by atoms with van der Waals surface area (Å²) in [7, 11) is 0. The number of hydrogen-bond donors (Lipinski definition) is 0. The highest BCUT2D eigenvalue weighted by Gasteiger charge is 2.19. The monoisotopic (exact) mass is 238 g/mol. The molecule has 18 heavy (non-hydrogen) atoms. The molecule has 0 bridgehead atoms. The van der Waals surface area contributed by atoms with Gasteiger partial charge in [-0.25, -0.2) is 0 Å². The van der Waals surface area contributed by atoms with Crippen LogP contribution in [0.3, 0.4) is 0 Å². The first kappa shape index (κ1) is 11.8. The van der Waals surface area contributed by atoms with Crippen molar-refractivity contribution in [1.29, 1.82) is 0 Å². The molecule has 1 saturated carbocycles. The average molecular weight is 238 g/mol. The summed E-state index contributed by atoms with van der Waals surface area (Å²) in [6.45, 7) is 4.55. The number of rotatable bonds is 1. The highest BCUT2D eigenvalue weighted by atomic mass is 14.2. The minimum atomic E-state index is 0.798. The average Bonchev–Trinajstić information content (AvgIpc) is 2.39. The van der Waals surface area contributed by atoms with Crippen LogP contribution in [0.1, 0.15) is 49.7 Å². The molecule has 3 rings (SSSR count). The summed E-state index contributed by atoms with van der Waals surface area (Å²) in [4.78, 5) is 0. The second kappa shape index (κ2) is 4.76. The molecular weight excluding hydrogens is 216 g/mol. The van der Waals surface area contributed by atoms with Gasteiger partial charge in [-0.2, -0.15) is 0 Å². The highest BCUT2D eigenvalue weighted by molar-refractivity contribution is 5.83. The fourth-order valence-electron chi connectivity index (χ4n) is 3.23. The van der Waals surface area contributed by atoms with Crippen LogP contribution in [0.2, 0.25) is 0 Å². The van der Waals surface area contributed by atoms with Crippen LogP contribution in [0.25, 0.3) is 10.8 Å². The molecule has 0 heterocycles. The molecule has 2 aromatic rings. The van der Waals surface area contributed by atoms with Gasteiger partial charge in [-0.1, -0.05) is 61.7 Å². The summed E-state index contributed by atoms with van der Waals surface area (Å²) >= 11 is 0. The molecule has 2 aromatic carbocycles. The Kier molecular flexibility index (Phi) is 3.11. The minimum Gasteiger partial charge on any atom is -0.0625 e. The topological polar surface area (TPSA) is 0 Å². The third-order valence-electron chi connectivity index (χ3n) is 4.51. The van der Waals surface area contributed by atoms with Crippen LogP contribution >= 0.6 is 0 Å². The molecule has 94 valence electrons. The van der Waals surface area contributed by atoms with Gasteiger partial charge < -0.3 is 0 Å². The first-order chi connectivity index (χ1) is 8.72. The lowest BCUT2D eigenvalue weighted by Gasteiger charge is -2.26. The Hall–Kier alpha value is -1.30. The van der Waals surface area contributed by atoms with Crippen molar-refractivity contribution < 1.29 is 0 Å². The Bertz CT molecular complexity index is 545. The molecule has 1 aliphatic carbocycles. The zero-order valence-electron chi connectivity index (χ0n) is 11.4. The first-order valence-electron chi connectivity index (χ1n) is 7.23. The van der Waals surface area contributed by atoms with Gasteiger partial charge in [-0.15, -0.1) is 0 Å². The van der Waals surface area contributed by atoms with Crippen LogP contribution in [0.5, 0.6) is 0 Å². The molecule has 0 aliphatic heterocycles. The van der Waals surface area contributed by atoms with E-state index in [4.69, 9.17) is 0 Å². The molecule has 0 heteroatoms. The van der Waals surface area contributed by atoms with Gasteiger partial charge in [0.1, 0.15) is 0 Å². The van der Waals surface area contributed by atoms with Crippen LogP contribution in [0.4, 0.5) is 0 Å². The summed E-state index contributed by atoms with van der Waals surface area (Å²) in [6, 6.07) is 13.8. The van der Waals surface area contributed by atoms with Crippen LogP contribution in [0, 0.1) is 12.8 Å². The number of aryl methyl sites for hydroxylation is 1. The Morgan fingerprint density at radius 1 is 0.833 bits per heavy atom. The van der Waals surface area contributed by atoms with Crippen molar-refractivity contribution in [2.45, 2.75) is 45.4 Å². The lowest BCUT2D eigenvalue weighted by Crippen LogP contribution is -2.10. The van der Waals surface area contributed by atoms with Gasteiger partial charge in [-0.3, -0.25) is 0 Å². The van der Waals surface area contributed by atoms with Gasteiger partial charge >= 0.3 is 0 Å². The largest absolute Gasteiger partial charge is 0.0625 e. The molecule has 1 fully saturated rings. The standard InChI is InChI=1S/C18H22/c1-13-3-6-15(7-4-13)17-10-9-16-11-14(2)5-8-18(16)12-17/h5,8-13,15H,3-4,6-7H2,1-2H3/t13-,15-. The van der Waals surface area contributed by atoms with E-state index in [0.717, 1.165) is 11.8 Å². The SMILES string of the molecule is Cc1ccc2cc([C@H]3CC[C@H](C)CC3)ccc2c1. The Morgan fingerprint density at radius 2 is 1.50 bits per heavy atom. The van der Waals surface area contributed by atoms with Crippen LogP contribution in [0.15, 0.2) is 36.4 Å². The second-order valence-corrected chi connectivity index (χ2v) is 6.07. The van der Waals surface area contributed by atoms with Crippen LogP contribution < -0.4 is 0 Å². The Morgan fingerprint density at radius 3 is 2.28 bits per heavy atom. The van der Waals surface area contributed by atoms with E-state index < -0.39 is 0 Å². The molecule has 0 unspecified atom stereocenters. The van der Waals surface area contributed by atoms with Gasteiger partial charge in [0.2, 0.25) is 0 Å². The van der Waals surface area contributed by atoms with Gasteiger partial charge in [-0.05, 0) is 47.9 Å². The van der Waals surface area contributed by atoms with Gasteiger partial charge in [0, 0.05) is 0 Å². The van der Waals surface area contributed by atoms with Crippen molar-refractivity contribution in [1.82, 2.24) is 0 Å². The number of benzene rings is 2. The summed E-state index contributed by atoms with van der Waals surface area (Å²) in [5.74, 6) is 1.73. The lowest BCUT2D eigenvalue weighted by atomic mass is 9.79. The summed E-state index contributed by atoms with van der Waals surface area (Å²) in [5.41, 5.74) is 2.90. The molecular formula is C18H22. The van der Waals surface area contributed by atoms with Crippen LogP contribution in [-0.4, -0.2) is 0 Å². The Labute approximate surface area is 110 Å². The predicted octanol–water partition coefficient (Wildman–Crippen LogP) is 5.44. The van der Waals surface area contributed by atoms with E-state index in [0.29, 0.717) is 0 Å². The maximum Gasteiger partial charge on any atom is -0.0162 e. The van der Waals surface area contributed by atoms with Gasteiger partial charge in [0.15, 0.2) is 0 Å². The molecule has 1 aliphatic rings. The van der Waals surface area contributed by atoms with E-state index in [1.165, 1.54) is 42.0 Å². The molecule has 0 spiro atoms. The van der Waals surface area contributed by atoms with Crippen LogP contribution in [-0.2, 0) is 0 Å². The maximum absolute atomic E-state index is 2.41. The third-order valence-corrected chi connectivity index (χ3v) is 4.51. The maximum atomic E-state index is 2.41. The molecule has 0 N–H and O–H groups in total. The fraction of sp³-hybridized carbons (Fsp3) is 0.444. The van der Waals surface area contributed by atoms with Crippen molar-refractivity contribution in [3.63, 3.8) is 0 Å². The zero-order chi connectivity index (χ0) is 12.5. The number of fused-ring (bicyclic) bond motifs is 1. The smallest absolute Gasteiger partial charge is 0.0162 e. The molecule has 0 aromatic heterocycles. The lowest BCUT2D eigenvalue weighted by molar-refractivity contribution is 0.348. The quantitative estimate of drug-likeness (QED) is 0.620. The predicted molar refractivity (Wildman–Crippen MR) is 79.1 cm³/mol. The number of hydrogen-bond acceptors (Lipinski definition) is 0. The normalized spacial score (nSPS) is 24.3. The molecule has 0 atom stereocenters. The van der Waals surface area contributed by atoms with E-state index >= 15 is 0 Å². The highest BCUT2D eigenvalue weighted by Crippen LogP contribution is 2.36. The van der Waals surface area contributed by atoms with Gasteiger partial charge in [0.25, 0.3) is 0 Å². The summed E-state index contributed by atoms with van der Waals surface area (Å²) in [5, 5.41) is 2.78. The van der Waals surface area contributed by atoms with Crippen molar-refractivity contribution in [3.05, 3.63) is 47.5 Å². The minimum absolute atomic E-state index is 0.798. The van der Waals surface area contributed by atoms with E-state index in [1.807, 2.05) is 0 Å². The molecule has 0 saturated heterocycles. The van der Waals surface area contributed by atoms with E-state index in [2.05, 4.69) is 50.2 Å². The fourth-order valence-corrected chi connectivity index (χ4v) is 3.23. The van der Waals surface area contributed by atoms with Crippen molar-refractivity contribution in [3.8, 4) is 0 Å². The summed E-state index contributed by atoms with van der Waals surface area (Å²) < 4.78 is 0. The summed E-state index contributed by atoms with van der Waals surface area (Å²) in [6.07, 6.45) is 5.55. The molecule has 0 nitrogen and oxygen atoms in total. The third kappa shape index (κ3) is 2.29. The van der Waals surface area contributed by atoms with E-state index in [-0.39, 0.29) is 0 Å². The molecule has 0 radical (unpaired) electrons. The van der Waals surface area contributed by atoms with E-state index in [9.17, 15) is 0 Å².